The molecule has 0 radical (unpaired) electrons. The summed E-state index contributed by atoms with van der Waals surface area (Å²) in [5.74, 6) is -1.29. The van der Waals surface area contributed by atoms with Gasteiger partial charge in [-0.1, -0.05) is 0 Å². The van der Waals surface area contributed by atoms with Crippen molar-refractivity contribution in [3.63, 3.8) is 0 Å². The van der Waals surface area contributed by atoms with Gasteiger partial charge in [-0.2, -0.15) is 5.26 Å². The van der Waals surface area contributed by atoms with Crippen LogP contribution in [0.25, 0.3) is 11.1 Å². The summed E-state index contributed by atoms with van der Waals surface area (Å²) in [6.45, 7) is 5.51. The van der Waals surface area contributed by atoms with E-state index in [2.05, 4.69) is 6.07 Å². The zero-order valence-corrected chi connectivity index (χ0v) is 13.4. The van der Waals surface area contributed by atoms with Gasteiger partial charge in [0.2, 0.25) is 0 Å². The minimum Gasteiger partial charge on any atom is -0.481 e. The van der Waals surface area contributed by atoms with Crippen molar-refractivity contribution in [1.82, 2.24) is 0 Å². The number of hydrogen-bond donors (Lipinski definition) is 1. The quantitative estimate of drug-likeness (QED) is 0.915. The summed E-state index contributed by atoms with van der Waals surface area (Å²) in [4.78, 5) is 10.7. The number of carboxylic acids is 1. The van der Waals surface area contributed by atoms with Gasteiger partial charge in [0, 0.05) is 6.42 Å². The van der Waals surface area contributed by atoms with Crippen molar-refractivity contribution >= 4 is 5.97 Å². The zero-order valence-electron chi connectivity index (χ0n) is 13.4. The molecule has 0 amide bonds. The first kappa shape index (κ1) is 16.7. The van der Waals surface area contributed by atoms with Crippen molar-refractivity contribution in [2.45, 2.75) is 33.6 Å². The van der Waals surface area contributed by atoms with Gasteiger partial charge in [-0.3, -0.25) is 4.79 Å². The number of carboxylic acid groups (broad SMARTS) is 1. The number of aliphatic carboxylic acids is 1. The largest absolute Gasteiger partial charge is 0.481 e. The van der Waals surface area contributed by atoms with E-state index in [0.29, 0.717) is 16.7 Å². The van der Waals surface area contributed by atoms with Crippen molar-refractivity contribution < 1.29 is 14.3 Å². The monoisotopic (exact) mass is 311 g/mol. The number of hydrogen-bond acceptors (Lipinski definition) is 2. The Hall–Kier alpha value is -2.67. The molecule has 0 saturated heterocycles. The average Bonchev–Trinajstić information content (AvgIpc) is 2.48. The first-order valence-electron chi connectivity index (χ1n) is 7.36. The van der Waals surface area contributed by atoms with Crippen molar-refractivity contribution in [3.8, 4) is 17.2 Å². The van der Waals surface area contributed by atoms with Crippen LogP contribution in [0.2, 0.25) is 0 Å². The van der Waals surface area contributed by atoms with E-state index in [0.717, 1.165) is 22.3 Å². The Morgan fingerprint density at radius 2 is 1.74 bits per heavy atom. The van der Waals surface area contributed by atoms with Crippen LogP contribution < -0.4 is 0 Å². The molecule has 0 fully saturated rings. The highest BCUT2D eigenvalue weighted by Gasteiger charge is 2.14. The number of aryl methyl sites for hydroxylation is 4. The molecule has 4 heteroatoms. The smallest absolute Gasteiger partial charge is 0.303 e. The summed E-state index contributed by atoms with van der Waals surface area (Å²) in [5.41, 5.74) is 5.19. The number of benzene rings is 2. The van der Waals surface area contributed by atoms with Crippen molar-refractivity contribution in [3.05, 3.63) is 57.9 Å². The molecule has 0 aliphatic rings. The van der Waals surface area contributed by atoms with Crippen molar-refractivity contribution in [2.24, 2.45) is 0 Å². The maximum atomic E-state index is 14.2. The molecule has 2 aromatic rings. The third-order valence-electron chi connectivity index (χ3n) is 3.89. The van der Waals surface area contributed by atoms with Crippen LogP contribution in [0.4, 0.5) is 4.39 Å². The van der Waals surface area contributed by atoms with E-state index in [1.54, 1.807) is 31.2 Å². The van der Waals surface area contributed by atoms with Gasteiger partial charge in [-0.05, 0) is 84.8 Å². The van der Waals surface area contributed by atoms with Crippen LogP contribution in [0.5, 0.6) is 0 Å². The van der Waals surface area contributed by atoms with E-state index in [4.69, 9.17) is 10.4 Å². The molecule has 0 spiro atoms. The SMILES string of the molecule is Cc1cc(-c2c(C)cc(C#N)cc2C)cc(CCC(=O)O)c1F. The Morgan fingerprint density at radius 1 is 1.13 bits per heavy atom. The molecule has 0 aliphatic carbocycles. The number of carbonyl (C=O) groups is 1. The van der Waals surface area contributed by atoms with Gasteiger partial charge in [0.1, 0.15) is 5.82 Å². The van der Waals surface area contributed by atoms with Crippen LogP contribution in [-0.4, -0.2) is 11.1 Å². The molecule has 0 aromatic heterocycles. The van der Waals surface area contributed by atoms with E-state index in [-0.39, 0.29) is 18.7 Å². The molecule has 0 heterocycles. The van der Waals surface area contributed by atoms with E-state index in [1.165, 1.54) is 0 Å². The summed E-state index contributed by atoms with van der Waals surface area (Å²) < 4.78 is 14.2. The van der Waals surface area contributed by atoms with Gasteiger partial charge in [0.15, 0.2) is 0 Å². The molecule has 0 bridgehead atoms. The average molecular weight is 311 g/mol. The molecule has 0 unspecified atom stereocenters. The Kier molecular flexibility index (Phi) is 4.80. The second-order valence-corrected chi connectivity index (χ2v) is 5.76. The number of nitriles is 1. The lowest BCUT2D eigenvalue weighted by atomic mass is 9.91. The highest BCUT2D eigenvalue weighted by Crippen LogP contribution is 2.31. The summed E-state index contributed by atoms with van der Waals surface area (Å²) in [6, 6.07) is 9.21. The topological polar surface area (TPSA) is 61.1 Å². The number of rotatable bonds is 4. The first-order valence-corrected chi connectivity index (χ1v) is 7.36. The van der Waals surface area contributed by atoms with Crippen molar-refractivity contribution in [2.75, 3.05) is 0 Å². The van der Waals surface area contributed by atoms with Gasteiger partial charge in [0.05, 0.1) is 11.6 Å². The third-order valence-corrected chi connectivity index (χ3v) is 3.89. The third kappa shape index (κ3) is 3.57. The molecule has 23 heavy (non-hydrogen) atoms. The molecule has 118 valence electrons. The summed E-state index contributed by atoms with van der Waals surface area (Å²) in [6.07, 6.45) is 0.0510. The van der Waals surface area contributed by atoms with Crippen LogP contribution in [0.1, 0.15) is 34.2 Å². The highest BCUT2D eigenvalue weighted by molar-refractivity contribution is 5.73. The lowest BCUT2D eigenvalue weighted by Crippen LogP contribution is -2.02. The maximum absolute atomic E-state index is 14.2. The predicted octanol–water partition coefficient (Wildman–Crippen LogP) is 4.31. The molecule has 0 atom stereocenters. The van der Waals surface area contributed by atoms with E-state index in [9.17, 15) is 9.18 Å². The maximum Gasteiger partial charge on any atom is 0.303 e. The Morgan fingerprint density at radius 3 is 2.26 bits per heavy atom. The van der Waals surface area contributed by atoms with Gasteiger partial charge in [-0.25, -0.2) is 4.39 Å². The number of halogens is 1. The Labute approximate surface area is 135 Å². The van der Waals surface area contributed by atoms with Crippen molar-refractivity contribution in [1.29, 1.82) is 5.26 Å². The van der Waals surface area contributed by atoms with E-state index < -0.39 is 5.97 Å². The molecular weight excluding hydrogens is 293 g/mol. The van der Waals surface area contributed by atoms with Crippen LogP contribution in [0, 0.1) is 37.9 Å². The van der Waals surface area contributed by atoms with Gasteiger partial charge < -0.3 is 5.11 Å². The fourth-order valence-corrected chi connectivity index (χ4v) is 2.89. The molecule has 3 nitrogen and oxygen atoms in total. The van der Waals surface area contributed by atoms with E-state index in [1.807, 2.05) is 13.8 Å². The van der Waals surface area contributed by atoms with Crippen LogP contribution in [-0.2, 0) is 11.2 Å². The summed E-state index contributed by atoms with van der Waals surface area (Å²) >= 11 is 0. The fraction of sp³-hybridized carbons (Fsp3) is 0.263. The van der Waals surface area contributed by atoms with E-state index >= 15 is 0 Å². The van der Waals surface area contributed by atoms with Crippen LogP contribution >= 0.6 is 0 Å². The van der Waals surface area contributed by atoms with Gasteiger partial charge in [0.25, 0.3) is 0 Å². The molecule has 2 aromatic carbocycles. The molecular formula is C19H18FNO2. The summed E-state index contributed by atoms with van der Waals surface area (Å²) in [7, 11) is 0. The van der Waals surface area contributed by atoms with Gasteiger partial charge >= 0.3 is 5.97 Å². The van der Waals surface area contributed by atoms with Crippen LogP contribution in [0.3, 0.4) is 0 Å². The first-order chi connectivity index (χ1) is 10.8. The second-order valence-electron chi connectivity index (χ2n) is 5.76. The lowest BCUT2D eigenvalue weighted by molar-refractivity contribution is -0.136. The molecule has 1 N–H and O–H groups in total. The molecule has 0 aliphatic heterocycles. The number of nitrogens with zero attached hydrogens (tertiary/aromatic N) is 1. The predicted molar refractivity (Wildman–Crippen MR) is 86.7 cm³/mol. The molecule has 0 saturated carbocycles. The highest BCUT2D eigenvalue weighted by atomic mass is 19.1. The fourth-order valence-electron chi connectivity index (χ4n) is 2.89. The Bertz CT molecular complexity index is 796. The minimum absolute atomic E-state index is 0.106. The van der Waals surface area contributed by atoms with Gasteiger partial charge in [-0.15, -0.1) is 0 Å². The standard InChI is InChI=1S/C19H18FNO2/c1-11-6-14(10-21)7-12(2)18(11)16-8-13(3)19(20)15(9-16)4-5-17(22)23/h6-9H,4-5H2,1-3H3,(H,22,23). The Balaban J connectivity index is 2.57. The summed E-state index contributed by atoms with van der Waals surface area (Å²) in [5, 5.41) is 17.9. The normalized spacial score (nSPS) is 10.4. The van der Waals surface area contributed by atoms with Crippen LogP contribution in [0.15, 0.2) is 24.3 Å². The minimum atomic E-state index is -0.946. The lowest BCUT2D eigenvalue weighted by Gasteiger charge is -2.14. The second kappa shape index (κ2) is 6.62. The zero-order chi connectivity index (χ0) is 17.1. The molecule has 2 rings (SSSR count).